The van der Waals surface area contributed by atoms with E-state index in [1.807, 2.05) is 6.92 Å². The summed E-state index contributed by atoms with van der Waals surface area (Å²) in [6.07, 6.45) is 3.83. The molecule has 0 saturated carbocycles. The van der Waals surface area contributed by atoms with Crippen LogP contribution in [0.15, 0.2) is 0 Å². The van der Waals surface area contributed by atoms with Crippen molar-refractivity contribution in [2.24, 2.45) is 5.73 Å². The quantitative estimate of drug-likeness (QED) is 0.532. The Balaban J connectivity index is 4.03. The molecule has 0 saturated heterocycles. The van der Waals surface area contributed by atoms with Gasteiger partial charge in [0.05, 0.1) is 12.1 Å². The highest BCUT2D eigenvalue weighted by atomic mass is 16.5. The maximum absolute atomic E-state index is 11.6. The van der Waals surface area contributed by atoms with Crippen LogP contribution >= 0.6 is 0 Å². The summed E-state index contributed by atoms with van der Waals surface area (Å²) in [5.41, 5.74) is 4.94. The van der Waals surface area contributed by atoms with Crippen LogP contribution in [-0.2, 0) is 9.53 Å². The predicted molar refractivity (Wildman–Crippen MR) is 83.7 cm³/mol. The van der Waals surface area contributed by atoms with Gasteiger partial charge in [-0.25, -0.2) is 0 Å². The molecule has 2 atom stereocenters. The van der Waals surface area contributed by atoms with Crippen molar-refractivity contribution in [1.82, 2.24) is 10.2 Å². The second kappa shape index (κ2) is 10.1. The highest BCUT2D eigenvalue weighted by molar-refractivity contribution is 5.84. The number of methoxy groups -OCH3 is 1. The van der Waals surface area contributed by atoms with Crippen molar-refractivity contribution in [3.8, 4) is 0 Å². The van der Waals surface area contributed by atoms with E-state index in [9.17, 15) is 4.79 Å². The van der Waals surface area contributed by atoms with Crippen molar-refractivity contribution >= 4 is 5.91 Å². The molecule has 0 aromatic rings. The number of nitrogens with two attached hydrogens (primary N) is 1. The SMILES string of the molecule is CCCNC(C)(CCCCN(C)C(C)COC)C(N)=O. The second-order valence-electron chi connectivity index (χ2n) is 5.87. The molecule has 20 heavy (non-hydrogen) atoms. The zero-order valence-electron chi connectivity index (χ0n) is 13.9. The molecule has 5 nitrogen and oxygen atoms in total. The van der Waals surface area contributed by atoms with E-state index in [0.29, 0.717) is 6.04 Å². The van der Waals surface area contributed by atoms with Gasteiger partial charge < -0.3 is 20.7 Å². The van der Waals surface area contributed by atoms with Crippen LogP contribution < -0.4 is 11.1 Å². The summed E-state index contributed by atoms with van der Waals surface area (Å²) < 4.78 is 5.15. The Morgan fingerprint density at radius 3 is 2.60 bits per heavy atom. The molecule has 0 aromatic heterocycles. The van der Waals surface area contributed by atoms with Gasteiger partial charge in [-0.05, 0) is 59.7 Å². The Kier molecular flexibility index (Phi) is 9.80. The van der Waals surface area contributed by atoms with Crippen molar-refractivity contribution in [3.05, 3.63) is 0 Å². The topological polar surface area (TPSA) is 67.6 Å². The molecular formula is C15H33N3O2. The lowest BCUT2D eigenvalue weighted by Crippen LogP contribution is -2.53. The first-order chi connectivity index (χ1) is 9.37. The minimum atomic E-state index is -0.577. The van der Waals surface area contributed by atoms with E-state index in [0.717, 1.165) is 45.4 Å². The van der Waals surface area contributed by atoms with Gasteiger partial charge >= 0.3 is 0 Å². The Morgan fingerprint density at radius 2 is 2.10 bits per heavy atom. The number of nitrogens with one attached hydrogen (secondary N) is 1. The largest absolute Gasteiger partial charge is 0.383 e. The number of likely N-dealkylation sites (N-methyl/N-ethyl adjacent to an activating group) is 1. The monoisotopic (exact) mass is 287 g/mol. The van der Waals surface area contributed by atoms with Gasteiger partial charge in [0.1, 0.15) is 0 Å². The van der Waals surface area contributed by atoms with Crippen molar-refractivity contribution in [1.29, 1.82) is 0 Å². The van der Waals surface area contributed by atoms with Gasteiger partial charge in [-0.3, -0.25) is 4.79 Å². The maximum atomic E-state index is 11.6. The van der Waals surface area contributed by atoms with Crippen molar-refractivity contribution in [2.75, 3.05) is 33.9 Å². The average Bonchev–Trinajstić information content (AvgIpc) is 2.41. The number of carbonyl (C=O) groups excluding carboxylic acids is 1. The van der Waals surface area contributed by atoms with E-state index >= 15 is 0 Å². The Labute approximate surface area is 124 Å². The van der Waals surface area contributed by atoms with Crippen molar-refractivity contribution < 1.29 is 9.53 Å². The molecule has 1 amide bonds. The second-order valence-corrected chi connectivity index (χ2v) is 5.87. The molecule has 0 radical (unpaired) electrons. The third-order valence-electron chi connectivity index (χ3n) is 3.91. The standard InChI is InChI=1S/C15H33N3O2/c1-6-10-17-15(3,14(16)19)9-7-8-11-18(4)13(2)12-20-5/h13,17H,6-12H2,1-5H3,(H2,16,19). The average molecular weight is 287 g/mol. The molecule has 0 spiro atoms. The molecule has 0 bridgehead atoms. The zero-order valence-corrected chi connectivity index (χ0v) is 13.9. The van der Waals surface area contributed by atoms with Crippen LogP contribution in [0.3, 0.4) is 0 Å². The summed E-state index contributed by atoms with van der Waals surface area (Å²) in [5, 5.41) is 3.27. The summed E-state index contributed by atoms with van der Waals surface area (Å²) in [6.45, 7) is 8.72. The van der Waals surface area contributed by atoms with Gasteiger partial charge in [0.25, 0.3) is 0 Å². The number of unbranched alkanes of at least 4 members (excludes halogenated alkanes) is 1. The molecule has 120 valence electrons. The van der Waals surface area contributed by atoms with Crippen LogP contribution in [-0.4, -0.2) is 56.2 Å². The van der Waals surface area contributed by atoms with E-state index in [2.05, 4.69) is 31.1 Å². The number of carbonyl (C=O) groups is 1. The van der Waals surface area contributed by atoms with Crippen LogP contribution in [0.5, 0.6) is 0 Å². The first kappa shape index (κ1) is 19.4. The molecule has 0 aliphatic heterocycles. The first-order valence-corrected chi connectivity index (χ1v) is 7.61. The fourth-order valence-corrected chi connectivity index (χ4v) is 2.13. The molecule has 0 heterocycles. The predicted octanol–water partition coefficient (Wildman–Crippen LogP) is 1.37. The number of nitrogens with zero attached hydrogens (tertiary/aromatic N) is 1. The van der Waals surface area contributed by atoms with Gasteiger partial charge in [0.2, 0.25) is 5.91 Å². The molecule has 0 aliphatic carbocycles. The number of hydrogen-bond donors (Lipinski definition) is 2. The first-order valence-electron chi connectivity index (χ1n) is 7.61. The van der Waals surface area contributed by atoms with Gasteiger partial charge in [-0.1, -0.05) is 6.92 Å². The van der Waals surface area contributed by atoms with E-state index in [-0.39, 0.29) is 5.91 Å². The molecule has 2 unspecified atom stereocenters. The van der Waals surface area contributed by atoms with Crippen LogP contribution in [0.1, 0.15) is 46.5 Å². The van der Waals surface area contributed by atoms with Gasteiger partial charge in [-0.15, -0.1) is 0 Å². The van der Waals surface area contributed by atoms with E-state index in [1.54, 1.807) is 7.11 Å². The van der Waals surface area contributed by atoms with Crippen LogP contribution in [0.25, 0.3) is 0 Å². The molecule has 5 heteroatoms. The lowest BCUT2D eigenvalue weighted by molar-refractivity contribution is -0.124. The highest BCUT2D eigenvalue weighted by Crippen LogP contribution is 2.14. The highest BCUT2D eigenvalue weighted by Gasteiger charge is 2.29. The zero-order chi connectivity index (χ0) is 15.6. The number of primary amides is 1. The Hall–Kier alpha value is -0.650. The number of hydrogen-bond acceptors (Lipinski definition) is 4. The van der Waals surface area contributed by atoms with E-state index in [4.69, 9.17) is 10.5 Å². The fraction of sp³-hybridized carbons (Fsp3) is 0.933. The molecule has 3 N–H and O–H groups in total. The van der Waals surface area contributed by atoms with Crippen LogP contribution in [0.4, 0.5) is 0 Å². The number of amides is 1. The summed E-state index contributed by atoms with van der Waals surface area (Å²) in [5.74, 6) is -0.257. The van der Waals surface area contributed by atoms with Gasteiger partial charge in [-0.2, -0.15) is 0 Å². The Bertz CT molecular complexity index is 274. The Morgan fingerprint density at radius 1 is 1.45 bits per heavy atom. The maximum Gasteiger partial charge on any atom is 0.237 e. The smallest absolute Gasteiger partial charge is 0.237 e. The third kappa shape index (κ3) is 7.22. The molecular weight excluding hydrogens is 254 g/mol. The summed E-state index contributed by atoms with van der Waals surface area (Å²) in [4.78, 5) is 13.9. The number of rotatable bonds is 12. The van der Waals surface area contributed by atoms with Crippen LogP contribution in [0.2, 0.25) is 0 Å². The van der Waals surface area contributed by atoms with Crippen molar-refractivity contribution in [3.63, 3.8) is 0 Å². The van der Waals surface area contributed by atoms with E-state index in [1.165, 1.54) is 0 Å². The van der Waals surface area contributed by atoms with Gasteiger partial charge in [0, 0.05) is 13.2 Å². The molecule has 0 aromatic carbocycles. The van der Waals surface area contributed by atoms with Crippen molar-refractivity contribution in [2.45, 2.75) is 58.0 Å². The minimum Gasteiger partial charge on any atom is -0.383 e. The van der Waals surface area contributed by atoms with Gasteiger partial charge in [0.15, 0.2) is 0 Å². The fourth-order valence-electron chi connectivity index (χ4n) is 2.13. The summed E-state index contributed by atoms with van der Waals surface area (Å²) in [6, 6.07) is 0.417. The molecule has 0 fully saturated rings. The third-order valence-corrected chi connectivity index (χ3v) is 3.91. The molecule has 0 rings (SSSR count). The summed E-state index contributed by atoms with van der Waals surface area (Å²) in [7, 11) is 3.83. The normalized spacial score (nSPS) is 16.1. The lowest BCUT2D eigenvalue weighted by atomic mass is 9.93. The lowest BCUT2D eigenvalue weighted by Gasteiger charge is -2.28. The summed E-state index contributed by atoms with van der Waals surface area (Å²) >= 11 is 0. The van der Waals surface area contributed by atoms with Crippen LogP contribution in [0, 0.1) is 0 Å². The number of ether oxygens (including phenoxy) is 1. The molecule has 0 aliphatic rings. The van der Waals surface area contributed by atoms with E-state index < -0.39 is 5.54 Å². The minimum absolute atomic E-state index is 0.257.